The van der Waals surface area contributed by atoms with Crippen molar-refractivity contribution in [3.8, 4) is 17.2 Å². The highest BCUT2D eigenvalue weighted by Crippen LogP contribution is 2.34. The number of anilines is 1. The number of amides is 1. The Kier molecular flexibility index (Phi) is 7.05. The van der Waals surface area contributed by atoms with Crippen LogP contribution in [0.3, 0.4) is 0 Å². The van der Waals surface area contributed by atoms with Crippen molar-refractivity contribution >= 4 is 17.6 Å². The molecule has 0 aromatic heterocycles. The second kappa shape index (κ2) is 9.47. The van der Waals surface area contributed by atoms with E-state index in [1.807, 2.05) is 6.92 Å². The zero-order valence-corrected chi connectivity index (χ0v) is 15.8. The van der Waals surface area contributed by atoms with E-state index >= 15 is 0 Å². The maximum Gasteiger partial charge on any atom is 0.340 e. The van der Waals surface area contributed by atoms with Crippen molar-refractivity contribution in [2.75, 3.05) is 33.3 Å². The van der Waals surface area contributed by atoms with E-state index in [1.54, 1.807) is 24.3 Å². The minimum atomic E-state index is -0.602. The zero-order chi connectivity index (χ0) is 19.8. The number of rotatable bonds is 8. The van der Waals surface area contributed by atoms with Crippen LogP contribution >= 0.6 is 0 Å². The van der Waals surface area contributed by atoms with Crippen molar-refractivity contribution in [2.24, 2.45) is 0 Å². The molecular weight excluding hydrogens is 350 g/mol. The molecule has 0 unspecified atom stereocenters. The lowest BCUT2D eigenvalue weighted by Crippen LogP contribution is -2.16. The fraction of sp³-hybridized carbons (Fsp3) is 0.300. The third kappa shape index (κ3) is 4.91. The van der Waals surface area contributed by atoms with Gasteiger partial charge in [-0.05, 0) is 30.7 Å². The maximum absolute atomic E-state index is 12.6. The van der Waals surface area contributed by atoms with Gasteiger partial charge in [-0.25, -0.2) is 4.79 Å². The number of nitrogens with one attached hydrogen (secondary N) is 1. The summed E-state index contributed by atoms with van der Waals surface area (Å²) < 4.78 is 20.7. The highest BCUT2D eigenvalue weighted by atomic mass is 16.5. The molecule has 1 N–H and O–H groups in total. The third-order valence-corrected chi connectivity index (χ3v) is 3.77. The van der Waals surface area contributed by atoms with Crippen LogP contribution in [0.15, 0.2) is 36.4 Å². The van der Waals surface area contributed by atoms with Gasteiger partial charge in [0.05, 0.1) is 39.2 Å². The second-order valence-electron chi connectivity index (χ2n) is 5.57. The summed E-state index contributed by atoms with van der Waals surface area (Å²) in [6.45, 7) is 2.63. The van der Waals surface area contributed by atoms with Crippen LogP contribution in [-0.4, -0.2) is 39.8 Å². The van der Waals surface area contributed by atoms with Crippen molar-refractivity contribution in [1.82, 2.24) is 0 Å². The quantitative estimate of drug-likeness (QED) is 0.713. The van der Waals surface area contributed by atoms with Gasteiger partial charge in [-0.2, -0.15) is 0 Å². The summed E-state index contributed by atoms with van der Waals surface area (Å²) in [5, 5.41) is 2.71. The van der Waals surface area contributed by atoms with Crippen LogP contribution in [0.5, 0.6) is 17.2 Å². The minimum Gasteiger partial charge on any atom is -0.494 e. The first-order chi connectivity index (χ1) is 13.0. The van der Waals surface area contributed by atoms with Crippen LogP contribution in [0.4, 0.5) is 5.69 Å². The third-order valence-electron chi connectivity index (χ3n) is 3.77. The van der Waals surface area contributed by atoms with E-state index in [2.05, 4.69) is 5.32 Å². The lowest BCUT2D eigenvalue weighted by atomic mass is 10.1. The molecule has 2 aromatic rings. The average Bonchev–Trinajstić information content (AvgIpc) is 2.71. The Morgan fingerprint density at radius 1 is 0.963 bits per heavy atom. The summed E-state index contributed by atoms with van der Waals surface area (Å²) >= 11 is 0. The van der Waals surface area contributed by atoms with Crippen molar-refractivity contribution in [2.45, 2.75) is 13.3 Å². The summed E-state index contributed by atoms with van der Waals surface area (Å²) in [4.78, 5) is 24.7. The first-order valence-electron chi connectivity index (χ1n) is 8.42. The molecule has 7 heteroatoms. The van der Waals surface area contributed by atoms with Crippen LogP contribution in [0.25, 0.3) is 0 Å². The first kappa shape index (κ1) is 20.1. The smallest absolute Gasteiger partial charge is 0.340 e. The van der Waals surface area contributed by atoms with Gasteiger partial charge in [0.15, 0.2) is 11.5 Å². The van der Waals surface area contributed by atoms with E-state index in [4.69, 9.17) is 18.9 Å². The van der Waals surface area contributed by atoms with Gasteiger partial charge in [0.2, 0.25) is 0 Å². The molecule has 0 bridgehead atoms. The molecule has 0 radical (unpaired) electrons. The fourth-order valence-electron chi connectivity index (χ4n) is 2.38. The van der Waals surface area contributed by atoms with E-state index in [-0.39, 0.29) is 17.2 Å². The van der Waals surface area contributed by atoms with Gasteiger partial charge in [-0.3, -0.25) is 4.79 Å². The zero-order valence-electron chi connectivity index (χ0n) is 15.8. The summed E-state index contributed by atoms with van der Waals surface area (Å²) in [5.74, 6) is 0.441. The number of hydrogen-bond donors (Lipinski definition) is 1. The number of carbonyl (C=O) groups excluding carboxylic acids is 2. The number of ether oxygens (including phenoxy) is 4. The number of methoxy groups -OCH3 is 3. The molecule has 0 heterocycles. The topological polar surface area (TPSA) is 83.1 Å². The Morgan fingerprint density at radius 2 is 1.59 bits per heavy atom. The Labute approximate surface area is 158 Å². The van der Waals surface area contributed by atoms with Crippen molar-refractivity contribution in [3.05, 3.63) is 47.5 Å². The summed E-state index contributed by atoms with van der Waals surface area (Å²) in [6.07, 6.45) is 0.901. The lowest BCUT2D eigenvalue weighted by Gasteiger charge is -2.14. The standard InChI is InChI=1S/C20H23NO6/c1-5-10-27-14-8-6-13(7-9-14)19(22)21-16-12-18(25-3)17(24-2)11-15(16)20(23)26-4/h6-9,11-12H,5,10H2,1-4H3,(H,21,22). The number of hydrogen-bond acceptors (Lipinski definition) is 6. The van der Waals surface area contributed by atoms with E-state index in [1.165, 1.54) is 33.5 Å². The summed E-state index contributed by atoms with van der Waals surface area (Å²) in [6, 6.07) is 9.72. The molecule has 0 aliphatic rings. The predicted molar refractivity (Wildman–Crippen MR) is 101 cm³/mol. The molecule has 1 amide bonds. The van der Waals surface area contributed by atoms with E-state index in [0.717, 1.165) is 6.42 Å². The normalized spacial score (nSPS) is 10.1. The SMILES string of the molecule is CCCOc1ccc(C(=O)Nc2cc(OC)c(OC)cc2C(=O)OC)cc1. The van der Waals surface area contributed by atoms with E-state index < -0.39 is 5.97 Å². The molecule has 27 heavy (non-hydrogen) atoms. The number of benzene rings is 2. The molecule has 0 atom stereocenters. The molecule has 0 spiro atoms. The molecule has 0 saturated heterocycles. The molecule has 144 valence electrons. The Morgan fingerprint density at radius 3 is 2.15 bits per heavy atom. The van der Waals surface area contributed by atoms with E-state index in [9.17, 15) is 9.59 Å². The van der Waals surface area contributed by atoms with Crippen LogP contribution in [0, 0.1) is 0 Å². The van der Waals surface area contributed by atoms with Gasteiger partial charge in [0, 0.05) is 17.7 Å². The Hall–Kier alpha value is -3.22. The molecule has 0 aliphatic heterocycles. The van der Waals surface area contributed by atoms with Gasteiger partial charge in [-0.1, -0.05) is 6.92 Å². The van der Waals surface area contributed by atoms with Crippen LogP contribution < -0.4 is 19.5 Å². The molecule has 0 fully saturated rings. The molecule has 7 nitrogen and oxygen atoms in total. The Balaban J connectivity index is 2.29. The number of carbonyl (C=O) groups is 2. The number of esters is 1. The van der Waals surface area contributed by atoms with Gasteiger partial charge in [-0.15, -0.1) is 0 Å². The monoisotopic (exact) mass is 373 g/mol. The summed E-state index contributed by atoms with van der Waals surface area (Å²) in [7, 11) is 4.19. The van der Waals surface area contributed by atoms with E-state index in [0.29, 0.717) is 29.4 Å². The molecule has 0 aliphatic carbocycles. The maximum atomic E-state index is 12.6. The minimum absolute atomic E-state index is 0.159. The van der Waals surface area contributed by atoms with Gasteiger partial charge in [0.25, 0.3) is 5.91 Å². The van der Waals surface area contributed by atoms with Crippen molar-refractivity contribution in [1.29, 1.82) is 0 Å². The van der Waals surface area contributed by atoms with Gasteiger partial charge >= 0.3 is 5.97 Å². The molecular formula is C20H23NO6. The van der Waals surface area contributed by atoms with Crippen molar-refractivity contribution < 1.29 is 28.5 Å². The van der Waals surface area contributed by atoms with Crippen LogP contribution in [0.1, 0.15) is 34.1 Å². The van der Waals surface area contributed by atoms with Crippen molar-refractivity contribution in [3.63, 3.8) is 0 Å². The molecule has 2 rings (SSSR count). The second-order valence-corrected chi connectivity index (χ2v) is 5.57. The van der Waals surface area contributed by atoms with Crippen LogP contribution in [0.2, 0.25) is 0 Å². The fourth-order valence-corrected chi connectivity index (χ4v) is 2.38. The first-order valence-corrected chi connectivity index (χ1v) is 8.42. The highest BCUT2D eigenvalue weighted by molar-refractivity contribution is 6.08. The summed E-state index contributed by atoms with van der Waals surface area (Å²) in [5.41, 5.74) is 0.839. The highest BCUT2D eigenvalue weighted by Gasteiger charge is 2.19. The van der Waals surface area contributed by atoms with Gasteiger partial charge < -0.3 is 24.3 Å². The lowest BCUT2D eigenvalue weighted by molar-refractivity contribution is 0.0601. The van der Waals surface area contributed by atoms with Crippen LogP contribution in [-0.2, 0) is 4.74 Å². The van der Waals surface area contributed by atoms with Gasteiger partial charge in [0.1, 0.15) is 5.75 Å². The largest absolute Gasteiger partial charge is 0.494 e. The predicted octanol–water partition coefficient (Wildman–Crippen LogP) is 3.53. The Bertz CT molecular complexity index is 801. The molecule has 0 saturated carbocycles. The average molecular weight is 373 g/mol. The molecule has 2 aromatic carbocycles.